The van der Waals surface area contributed by atoms with Gasteiger partial charge in [-0.1, -0.05) is 55.0 Å². The fraction of sp³-hybridized carbons (Fsp3) is 0.400. The second kappa shape index (κ2) is 10.6. The summed E-state index contributed by atoms with van der Waals surface area (Å²) in [5.41, 5.74) is 5.28. The van der Waals surface area contributed by atoms with Gasteiger partial charge in [0.05, 0.1) is 0 Å². The number of hydrogen-bond acceptors (Lipinski definition) is 3. The number of benzene rings is 1. The number of hydrogen-bond donors (Lipinski definition) is 0. The molecule has 0 radical (unpaired) electrons. The number of para-hydroxylation sites is 1. The van der Waals surface area contributed by atoms with Crippen molar-refractivity contribution in [2.75, 3.05) is 31.6 Å². The van der Waals surface area contributed by atoms with E-state index in [1.807, 2.05) is 13.0 Å². The Balaban J connectivity index is 1.61. The first-order valence-corrected chi connectivity index (χ1v) is 11.0. The van der Waals surface area contributed by atoms with Gasteiger partial charge in [-0.25, -0.2) is 0 Å². The van der Waals surface area contributed by atoms with Crippen LogP contribution in [-0.4, -0.2) is 37.4 Å². The number of likely N-dealkylation sites (N-methyl/N-ethyl adjacent to an activating group) is 1. The predicted octanol–water partition coefficient (Wildman–Crippen LogP) is 5.63. The van der Waals surface area contributed by atoms with Crippen LogP contribution in [0.25, 0.3) is 0 Å². The van der Waals surface area contributed by atoms with Crippen LogP contribution in [0.1, 0.15) is 38.2 Å². The van der Waals surface area contributed by atoms with E-state index in [1.54, 1.807) is 6.08 Å². The summed E-state index contributed by atoms with van der Waals surface area (Å²) in [4.78, 5) is 16.1. The molecule has 0 spiro atoms. The maximum absolute atomic E-state index is 11.4. The molecule has 3 rings (SSSR count). The number of fused-ring (bicyclic) bond motifs is 2. The van der Waals surface area contributed by atoms with E-state index in [1.165, 1.54) is 22.5 Å². The van der Waals surface area contributed by atoms with E-state index in [0.717, 1.165) is 50.3 Å². The Morgan fingerprint density at radius 1 is 1.21 bits per heavy atom. The van der Waals surface area contributed by atoms with Crippen LogP contribution in [0.5, 0.6) is 0 Å². The Hall–Kier alpha value is -2.10. The Kier molecular flexibility index (Phi) is 7.91. The van der Waals surface area contributed by atoms with Gasteiger partial charge in [-0.2, -0.15) is 0 Å². The van der Waals surface area contributed by atoms with Crippen molar-refractivity contribution in [1.29, 1.82) is 0 Å². The molecule has 2 aliphatic rings. The zero-order valence-corrected chi connectivity index (χ0v) is 18.3. The van der Waals surface area contributed by atoms with Crippen molar-refractivity contribution in [3.63, 3.8) is 0 Å². The first kappa shape index (κ1) is 21.6. The van der Waals surface area contributed by atoms with Gasteiger partial charge in [-0.15, -0.1) is 0 Å². The lowest BCUT2D eigenvalue weighted by molar-refractivity contribution is -0.114. The number of rotatable bonds is 9. The van der Waals surface area contributed by atoms with Gasteiger partial charge in [-0.05, 0) is 68.6 Å². The molecule has 0 N–H and O–H groups in total. The molecule has 1 aromatic rings. The molecule has 0 atom stereocenters. The van der Waals surface area contributed by atoms with Crippen LogP contribution in [0.3, 0.4) is 0 Å². The first-order valence-electron chi connectivity index (χ1n) is 10.6. The minimum atomic E-state index is 0.190. The standard InChI is InChI=1S/C25H31ClN2O/c1-3-23(29)10-8-17-27(2)16-6-7-18-28-24-11-5-4-9-20(24)12-13-21-14-15-22(26)19-25(21)28/h4-5,8-11,13,15,19H,3,6-7,12,14,16-18H2,1-2H3/b10-8+. The average molecular weight is 411 g/mol. The third-order valence-electron chi connectivity index (χ3n) is 5.50. The zero-order valence-electron chi connectivity index (χ0n) is 17.5. The van der Waals surface area contributed by atoms with Crippen molar-refractivity contribution in [3.8, 4) is 0 Å². The van der Waals surface area contributed by atoms with Gasteiger partial charge in [0, 0.05) is 35.9 Å². The van der Waals surface area contributed by atoms with Gasteiger partial charge in [0.25, 0.3) is 0 Å². The predicted molar refractivity (Wildman–Crippen MR) is 123 cm³/mol. The number of nitrogens with zero attached hydrogens (tertiary/aromatic N) is 2. The lowest BCUT2D eigenvalue weighted by atomic mass is 10.0. The van der Waals surface area contributed by atoms with E-state index in [0.29, 0.717) is 6.42 Å². The number of halogens is 1. The maximum Gasteiger partial charge on any atom is 0.155 e. The summed E-state index contributed by atoms with van der Waals surface area (Å²) in [6.45, 7) is 4.70. The molecule has 1 heterocycles. The lowest BCUT2D eigenvalue weighted by Crippen LogP contribution is -2.27. The number of carbonyl (C=O) groups excluding carboxylic acids is 1. The summed E-state index contributed by atoms with van der Waals surface area (Å²) < 4.78 is 0. The molecule has 0 amide bonds. The van der Waals surface area contributed by atoms with Gasteiger partial charge in [0.15, 0.2) is 5.78 Å². The van der Waals surface area contributed by atoms with Crippen LogP contribution < -0.4 is 4.90 Å². The number of ketones is 1. The van der Waals surface area contributed by atoms with Gasteiger partial charge in [0.2, 0.25) is 0 Å². The highest BCUT2D eigenvalue weighted by atomic mass is 35.5. The highest BCUT2D eigenvalue weighted by Gasteiger charge is 2.22. The molecule has 1 aliphatic heterocycles. The molecule has 0 bridgehead atoms. The number of carbonyl (C=O) groups is 1. The fourth-order valence-corrected chi connectivity index (χ4v) is 3.99. The third kappa shape index (κ3) is 5.94. The second-order valence-corrected chi connectivity index (χ2v) is 8.16. The Labute approximate surface area is 180 Å². The van der Waals surface area contributed by atoms with Gasteiger partial charge in [0.1, 0.15) is 0 Å². The maximum atomic E-state index is 11.4. The SMILES string of the molecule is CCC(=O)/C=C/CN(C)CCCCN1C2=CC(Cl)=CCC2=CCc2ccccc21. The van der Waals surface area contributed by atoms with Crippen molar-refractivity contribution in [2.24, 2.45) is 0 Å². The Bertz CT molecular complexity index is 850. The quantitative estimate of drug-likeness (QED) is 0.389. The minimum absolute atomic E-state index is 0.190. The van der Waals surface area contributed by atoms with Gasteiger partial charge < -0.3 is 9.80 Å². The first-order chi connectivity index (χ1) is 14.1. The molecule has 3 nitrogen and oxygen atoms in total. The van der Waals surface area contributed by atoms with E-state index in [2.05, 4.69) is 59.3 Å². The van der Waals surface area contributed by atoms with Crippen LogP contribution in [0.2, 0.25) is 0 Å². The highest BCUT2D eigenvalue weighted by Crippen LogP contribution is 2.36. The van der Waals surface area contributed by atoms with Crippen molar-refractivity contribution in [2.45, 2.75) is 39.0 Å². The smallest absolute Gasteiger partial charge is 0.155 e. The van der Waals surface area contributed by atoms with Gasteiger partial charge in [-0.3, -0.25) is 4.79 Å². The van der Waals surface area contributed by atoms with Crippen molar-refractivity contribution >= 4 is 23.1 Å². The summed E-state index contributed by atoms with van der Waals surface area (Å²) in [7, 11) is 2.11. The van der Waals surface area contributed by atoms with Crippen LogP contribution in [0, 0.1) is 0 Å². The van der Waals surface area contributed by atoms with Crippen LogP contribution >= 0.6 is 11.6 Å². The molecule has 154 valence electrons. The summed E-state index contributed by atoms with van der Waals surface area (Å²) in [6.07, 6.45) is 14.9. The summed E-state index contributed by atoms with van der Waals surface area (Å²) in [5.74, 6) is 0.190. The van der Waals surface area contributed by atoms with E-state index in [4.69, 9.17) is 11.6 Å². The van der Waals surface area contributed by atoms with Crippen LogP contribution in [-0.2, 0) is 11.2 Å². The zero-order chi connectivity index (χ0) is 20.6. The van der Waals surface area contributed by atoms with Crippen molar-refractivity contribution in [3.05, 3.63) is 76.5 Å². The molecule has 0 aromatic heterocycles. The van der Waals surface area contributed by atoms with E-state index < -0.39 is 0 Å². The molecule has 0 saturated heterocycles. The van der Waals surface area contributed by atoms with E-state index in [9.17, 15) is 4.79 Å². The second-order valence-electron chi connectivity index (χ2n) is 7.73. The Morgan fingerprint density at radius 2 is 2.03 bits per heavy atom. The molecule has 29 heavy (non-hydrogen) atoms. The molecular formula is C25H31ClN2O. The number of allylic oxidation sites excluding steroid dienone is 6. The lowest BCUT2D eigenvalue weighted by Gasteiger charge is -2.30. The van der Waals surface area contributed by atoms with Crippen molar-refractivity contribution in [1.82, 2.24) is 4.90 Å². The molecular weight excluding hydrogens is 380 g/mol. The van der Waals surface area contributed by atoms with Crippen LogP contribution in [0.15, 0.2) is 70.9 Å². The molecule has 1 aromatic carbocycles. The average Bonchev–Trinajstić information content (AvgIpc) is 2.88. The molecule has 0 unspecified atom stereocenters. The van der Waals surface area contributed by atoms with Gasteiger partial charge >= 0.3 is 0 Å². The number of anilines is 1. The van der Waals surface area contributed by atoms with E-state index in [-0.39, 0.29) is 5.78 Å². The summed E-state index contributed by atoms with van der Waals surface area (Å²) >= 11 is 6.36. The number of unbranched alkanes of at least 4 members (excludes halogenated alkanes) is 1. The fourth-order valence-electron chi connectivity index (χ4n) is 3.81. The van der Waals surface area contributed by atoms with Crippen LogP contribution in [0.4, 0.5) is 5.69 Å². The molecule has 0 saturated carbocycles. The minimum Gasteiger partial charge on any atom is -0.341 e. The summed E-state index contributed by atoms with van der Waals surface area (Å²) in [6, 6.07) is 8.69. The molecule has 1 aliphatic carbocycles. The normalized spacial score (nSPS) is 16.1. The monoisotopic (exact) mass is 410 g/mol. The Morgan fingerprint density at radius 3 is 2.86 bits per heavy atom. The topological polar surface area (TPSA) is 23.6 Å². The van der Waals surface area contributed by atoms with Crippen molar-refractivity contribution < 1.29 is 4.79 Å². The van der Waals surface area contributed by atoms with E-state index >= 15 is 0 Å². The highest BCUT2D eigenvalue weighted by molar-refractivity contribution is 6.31. The molecule has 0 fully saturated rings. The molecule has 4 heteroatoms. The third-order valence-corrected chi connectivity index (χ3v) is 5.77. The summed E-state index contributed by atoms with van der Waals surface area (Å²) in [5, 5.41) is 0.828. The largest absolute Gasteiger partial charge is 0.341 e.